The molecule has 1 heterocycles. The van der Waals surface area contributed by atoms with Crippen LogP contribution in [0.25, 0.3) is 5.57 Å². The number of nitrogens with zero attached hydrogens (tertiary/aromatic N) is 1. The molecule has 0 spiro atoms. The van der Waals surface area contributed by atoms with Gasteiger partial charge in [-0.15, -0.1) is 0 Å². The van der Waals surface area contributed by atoms with Crippen LogP contribution in [-0.4, -0.2) is 16.6 Å². The van der Waals surface area contributed by atoms with Crippen molar-refractivity contribution < 1.29 is 9.53 Å². The summed E-state index contributed by atoms with van der Waals surface area (Å²) in [5, 5.41) is 0.517. The van der Waals surface area contributed by atoms with Gasteiger partial charge in [-0.1, -0.05) is 17.7 Å². The smallest absolute Gasteiger partial charge is 0.310 e. The molecule has 0 saturated carbocycles. The Morgan fingerprint density at radius 2 is 2.22 bits per heavy atom. The Morgan fingerprint density at radius 1 is 1.50 bits per heavy atom. The average Bonchev–Trinajstić information content (AvgIpc) is 2.60. The number of aromatic nitrogens is 1. The lowest BCUT2D eigenvalue weighted by atomic mass is 10.1. The van der Waals surface area contributed by atoms with Crippen LogP contribution in [0.3, 0.4) is 0 Å². The highest BCUT2D eigenvalue weighted by Gasteiger charge is 2.22. The molecule has 18 heavy (non-hydrogen) atoms. The lowest BCUT2D eigenvalue weighted by molar-refractivity contribution is -0.153. The minimum atomic E-state index is -0.449. The molecule has 1 aliphatic carbocycles. The minimum Gasteiger partial charge on any atom is -0.460 e. The summed E-state index contributed by atoms with van der Waals surface area (Å²) < 4.78 is 5.32. The molecule has 0 saturated heterocycles. The quantitative estimate of drug-likeness (QED) is 0.608. The molecule has 4 heteroatoms. The standard InChI is InChI=1S/C14H16ClNO2/c1-14(2,3)18-12(17)8-9-4-5-11-10(9)6-7-16-13(11)15/h4,6-7H,5,8H2,1-3H3. The summed E-state index contributed by atoms with van der Waals surface area (Å²) in [6.07, 6.45) is 4.70. The van der Waals surface area contributed by atoms with Crippen LogP contribution < -0.4 is 0 Å². The van der Waals surface area contributed by atoms with E-state index in [1.54, 1.807) is 6.20 Å². The molecular formula is C14H16ClNO2. The predicted molar refractivity (Wildman–Crippen MR) is 71.4 cm³/mol. The fourth-order valence-corrected chi connectivity index (χ4v) is 2.23. The van der Waals surface area contributed by atoms with Gasteiger partial charge in [-0.2, -0.15) is 0 Å². The number of ether oxygens (including phenoxy) is 1. The molecule has 0 bridgehead atoms. The van der Waals surface area contributed by atoms with Crippen molar-refractivity contribution in [3.8, 4) is 0 Å². The lowest BCUT2D eigenvalue weighted by Gasteiger charge is -2.19. The zero-order chi connectivity index (χ0) is 13.3. The summed E-state index contributed by atoms with van der Waals surface area (Å²) in [5.74, 6) is -0.213. The molecule has 1 aromatic rings. The van der Waals surface area contributed by atoms with Gasteiger partial charge in [0.25, 0.3) is 0 Å². The molecule has 3 nitrogen and oxygen atoms in total. The van der Waals surface area contributed by atoms with Crippen molar-refractivity contribution in [3.05, 3.63) is 34.6 Å². The van der Waals surface area contributed by atoms with Crippen LogP contribution in [0.5, 0.6) is 0 Å². The van der Waals surface area contributed by atoms with Gasteiger partial charge in [0, 0.05) is 11.8 Å². The van der Waals surface area contributed by atoms with E-state index in [4.69, 9.17) is 16.3 Å². The molecule has 0 N–H and O–H groups in total. The number of esters is 1. The van der Waals surface area contributed by atoms with Crippen molar-refractivity contribution >= 4 is 23.1 Å². The van der Waals surface area contributed by atoms with Crippen molar-refractivity contribution in [2.75, 3.05) is 0 Å². The molecule has 0 fully saturated rings. The number of rotatable bonds is 2. The molecule has 1 aromatic heterocycles. The largest absolute Gasteiger partial charge is 0.460 e. The van der Waals surface area contributed by atoms with E-state index >= 15 is 0 Å². The number of hydrogen-bond acceptors (Lipinski definition) is 3. The molecule has 0 atom stereocenters. The Kier molecular flexibility index (Phi) is 3.44. The topological polar surface area (TPSA) is 39.2 Å². The predicted octanol–water partition coefficient (Wildman–Crippen LogP) is 3.41. The molecule has 0 unspecified atom stereocenters. The van der Waals surface area contributed by atoms with Gasteiger partial charge in [0.15, 0.2) is 0 Å². The van der Waals surface area contributed by atoms with Crippen LogP contribution in [0.15, 0.2) is 18.3 Å². The van der Waals surface area contributed by atoms with Crippen LogP contribution in [0.1, 0.15) is 38.3 Å². The summed E-state index contributed by atoms with van der Waals surface area (Å²) in [6.45, 7) is 5.59. The number of carbonyl (C=O) groups excluding carboxylic acids is 1. The number of hydrogen-bond donors (Lipinski definition) is 0. The van der Waals surface area contributed by atoms with Gasteiger partial charge >= 0.3 is 5.97 Å². The Balaban J connectivity index is 2.11. The molecule has 0 radical (unpaired) electrons. The minimum absolute atomic E-state index is 0.213. The Hall–Kier alpha value is -1.35. The number of fused-ring (bicyclic) bond motifs is 1. The maximum absolute atomic E-state index is 11.8. The molecule has 2 rings (SSSR count). The van der Waals surface area contributed by atoms with Crippen molar-refractivity contribution in [1.29, 1.82) is 0 Å². The summed E-state index contributed by atoms with van der Waals surface area (Å²) in [4.78, 5) is 15.8. The fraction of sp³-hybridized carbons (Fsp3) is 0.429. The second-order valence-corrected chi connectivity index (χ2v) is 5.68. The summed E-state index contributed by atoms with van der Waals surface area (Å²) in [6, 6.07) is 1.89. The number of halogens is 1. The Labute approximate surface area is 112 Å². The van der Waals surface area contributed by atoms with Crippen LogP contribution in [0.2, 0.25) is 5.15 Å². The average molecular weight is 266 g/mol. The third-order valence-electron chi connectivity index (χ3n) is 2.66. The highest BCUT2D eigenvalue weighted by molar-refractivity contribution is 6.30. The van der Waals surface area contributed by atoms with Gasteiger partial charge in [-0.05, 0) is 44.4 Å². The molecule has 1 aliphatic rings. The van der Waals surface area contributed by atoms with Gasteiger partial charge < -0.3 is 4.74 Å². The Bertz CT molecular complexity index is 515. The number of carbonyl (C=O) groups is 1. The van der Waals surface area contributed by atoms with E-state index in [0.717, 1.165) is 23.1 Å². The second kappa shape index (κ2) is 4.73. The maximum atomic E-state index is 11.8. The van der Waals surface area contributed by atoms with Gasteiger partial charge in [0.1, 0.15) is 10.8 Å². The number of pyridine rings is 1. The molecule has 0 amide bonds. The first-order valence-corrected chi connectivity index (χ1v) is 6.29. The monoisotopic (exact) mass is 265 g/mol. The van der Waals surface area contributed by atoms with E-state index in [1.165, 1.54) is 0 Å². The van der Waals surface area contributed by atoms with Gasteiger partial charge in [0.2, 0.25) is 0 Å². The lowest BCUT2D eigenvalue weighted by Crippen LogP contribution is -2.23. The molecular weight excluding hydrogens is 250 g/mol. The van der Waals surface area contributed by atoms with E-state index in [1.807, 2.05) is 32.9 Å². The van der Waals surface area contributed by atoms with Crippen LogP contribution in [0.4, 0.5) is 0 Å². The van der Waals surface area contributed by atoms with E-state index in [-0.39, 0.29) is 12.4 Å². The zero-order valence-electron chi connectivity index (χ0n) is 10.8. The summed E-state index contributed by atoms with van der Waals surface area (Å²) >= 11 is 6.02. The van der Waals surface area contributed by atoms with Crippen LogP contribution in [-0.2, 0) is 16.0 Å². The highest BCUT2D eigenvalue weighted by atomic mass is 35.5. The first-order valence-electron chi connectivity index (χ1n) is 5.91. The highest BCUT2D eigenvalue weighted by Crippen LogP contribution is 2.33. The third-order valence-corrected chi connectivity index (χ3v) is 2.98. The summed E-state index contributed by atoms with van der Waals surface area (Å²) in [5.41, 5.74) is 2.54. The number of allylic oxidation sites excluding steroid dienone is 1. The zero-order valence-corrected chi connectivity index (χ0v) is 11.5. The van der Waals surface area contributed by atoms with Crippen molar-refractivity contribution in [3.63, 3.8) is 0 Å². The van der Waals surface area contributed by atoms with Crippen molar-refractivity contribution in [2.24, 2.45) is 0 Å². The summed E-state index contributed by atoms with van der Waals surface area (Å²) in [7, 11) is 0. The normalized spacial score (nSPS) is 14.1. The van der Waals surface area contributed by atoms with E-state index in [2.05, 4.69) is 4.98 Å². The SMILES string of the molecule is CC(C)(C)OC(=O)CC1=CCc2c1ccnc2Cl. The van der Waals surface area contributed by atoms with Gasteiger partial charge in [-0.25, -0.2) is 4.98 Å². The second-order valence-electron chi connectivity index (χ2n) is 5.32. The molecule has 0 aromatic carbocycles. The third kappa shape index (κ3) is 2.91. The van der Waals surface area contributed by atoms with Gasteiger partial charge in [-0.3, -0.25) is 4.79 Å². The van der Waals surface area contributed by atoms with E-state index in [9.17, 15) is 4.79 Å². The molecule has 96 valence electrons. The Morgan fingerprint density at radius 3 is 2.89 bits per heavy atom. The van der Waals surface area contributed by atoms with Crippen LogP contribution >= 0.6 is 11.6 Å². The first-order chi connectivity index (χ1) is 8.37. The van der Waals surface area contributed by atoms with Crippen molar-refractivity contribution in [1.82, 2.24) is 4.98 Å². The maximum Gasteiger partial charge on any atom is 0.310 e. The van der Waals surface area contributed by atoms with Crippen molar-refractivity contribution in [2.45, 2.75) is 39.2 Å². The first kappa shape index (κ1) is 13.1. The fourth-order valence-electron chi connectivity index (χ4n) is 2.00. The molecule has 0 aliphatic heterocycles. The van der Waals surface area contributed by atoms with E-state index < -0.39 is 5.60 Å². The van der Waals surface area contributed by atoms with Gasteiger partial charge in [0.05, 0.1) is 6.42 Å². The van der Waals surface area contributed by atoms with Crippen LogP contribution in [0, 0.1) is 0 Å². The van der Waals surface area contributed by atoms with E-state index in [0.29, 0.717) is 5.15 Å².